The minimum Gasteiger partial charge on any atom is -0.410 e. The molecule has 0 saturated carbocycles. The third-order valence-corrected chi connectivity index (χ3v) is 2.22. The van der Waals surface area contributed by atoms with Gasteiger partial charge in [0.05, 0.1) is 0 Å². The van der Waals surface area contributed by atoms with Crippen LogP contribution in [-0.2, 0) is 17.1 Å². The Labute approximate surface area is 107 Å². The summed E-state index contributed by atoms with van der Waals surface area (Å²) in [7, 11) is 0. The largest absolute Gasteiger partial charge is 2.00 e. The first-order chi connectivity index (χ1) is 7.47. The van der Waals surface area contributed by atoms with Crippen LogP contribution in [0.25, 0.3) is 0 Å². The molecule has 1 aliphatic heterocycles. The first-order valence-corrected chi connectivity index (χ1v) is 5.12. The fraction of sp³-hybridized carbons (Fsp3) is 0.154. The van der Waals surface area contributed by atoms with Crippen LogP contribution in [-0.4, -0.2) is 19.4 Å². The summed E-state index contributed by atoms with van der Waals surface area (Å²) in [5.74, 6) is 0. The molecule has 0 amide bonds. The van der Waals surface area contributed by atoms with Crippen LogP contribution < -0.4 is 4.90 Å². The molecular weight excluding hydrogens is 240 g/mol. The molecule has 0 bridgehead atoms. The van der Waals surface area contributed by atoms with Crippen molar-refractivity contribution in [2.24, 2.45) is 4.99 Å². The molecule has 1 heterocycles. The zero-order chi connectivity index (χ0) is 10.3. The molecule has 0 N–H and O–H groups in total. The summed E-state index contributed by atoms with van der Waals surface area (Å²) in [5.41, 5.74) is 1.25. The van der Waals surface area contributed by atoms with Gasteiger partial charge in [-0.1, -0.05) is 5.69 Å². The van der Waals surface area contributed by atoms with Crippen LogP contribution >= 0.6 is 0 Å². The molecule has 2 nitrogen and oxygen atoms in total. The van der Waals surface area contributed by atoms with Gasteiger partial charge < -0.3 is 9.89 Å². The van der Waals surface area contributed by atoms with Crippen molar-refractivity contribution < 1.29 is 17.1 Å². The van der Waals surface area contributed by atoms with Crippen molar-refractivity contribution in [1.82, 2.24) is 0 Å². The van der Waals surface area contributed by atoms with Crippen LogP contribution in [0.15, 0.2) is 59.6 Å². The first kappa shape index (κ1) is 12.8. The van der Waals surface area contributed by atoms with Gasteiger partial charge in [0.2, 0.25) is 0 Å². The van der Waals surface area contributed by atoms with E-state index in [0.29, 0.717) is 0 Å². The number of hydrogen-bond acceptors (Lipinski definition) is 2. The average molecular weight is 254 g/mol. The second-order valence-electron chi connectivity index (χ2n) is 3.32. The molecule has 0 saturated heterocycles. The van der Waals surface area contributed by atoms with Gasteiger partial charge in [0.15, 0.2) is 0 Å². The van der Waals surface area contributed by atoms with Crippen LogP contribution in [0, 0.1) is 0 Å². The Bertz CT molecular complexity index is 359. The Kier molecular flexibility index (Phi) is 5.62. The maximum absolute atomic E-state index is 4.12. The van der Waals surface area contributed by atoms with Crippen LogP contribution in [0.3, 0.4) is 0 Å². The smallest absolute Gasteiger partial charge is 0.410 e. The van der Waals surface area contributed by atoms with Gasteiger partial charge in [-0.2, -0.15) is 30.3 Å². The van der Waals surface area contributed by atoms with Crippen molar-refractivity contribution in [3.63, 3.8) is 0 Å². The van der Waals surface area contributed by atoms with Crippen molar-refractivity contribution >= 4 is 12.0 Å². The van der Waals surface area contributed by atoms with Gasteiger partial charge in [0, 0.05) is 19.4 Å². The molecule has 0 radical (unpaired) electrons. The molecule has 0 aliphatic carbocycles. The fourth-order valence-corrected chi connectivity index (χ4v) is 1.45. The van der Waals surface area contributed by atoms with E-state index < -0.39 is 0 Å². The molecule has 0 atom stereocenters. The molecule has 0 aromatic heterocycles. The quantitative estimate of drug-likeness (QED) is 0.564. The van der Waals surface area contributed by atoms with E-state index in [1.807, 2.05) is 48.8 Å². The van der Waals surface area contributed by atoms with E-state index in [9.17, 15) is 0 Å². The number of rotatable bonds is 1. The fourth-order valence-electron chi connectivity index (χ4n) is 1.45. The van der Waals surface area contributed by atoms with Crippen molar-refractivity contribution in [3.8, 4) is 0 Å². The molecule has 2 aromatic rings. The number of aliphatic imine (C=N–C) groups is 1. The first-order valence-electron chi connectivity index (χ1n) is 5.12. The van der Waals surface area contributed by atoms with Crippen molar-refractivity contribution in [2.75, 3.05) is 18.0 Å². The van der Waals surface area contributed by atoms with E-state index in [0.717, 1.165) is 13.1 Å². The van der Waals surface area contributed by atoms with E-state index in [2.05, 4.69) is 22.0 Å². The SMILES string of the molecule is C1=NCCN1[c-]1cccc1.[Fe+2].c1cc[cH-]c1. The summed E-state index contributed by atoms with van der Waals surface area (Å²) < 4.78 is 0. The predicted octanol–water partition coefficient (Wildman–Crippen LogP) is 2.66. The number of hydrogen-bond donors (Lipinski definition) is 0. The minimum absolute atomic E-state index is 0. The maximum Gasteiger partial charge on any atom is 2.00 e. The van der Waals surface area contributed by atoms with Crippen molar-refractivity contribution in [2.45, 2.75) is 0 Å². The summed E-state index contributed by atoms with van der Waals surface area (Å²) in [4.78, 5) is 6.27. The van der Waals surface area contributed by atoms with Crippen LogP contribution in [0.2, 0.25) is 0 Å². The van der Waals surface area contributed by atoms with E-state index in [4.69, 9.17) is 0 Å². The average Bonchev–Trinajstić information content (AvgIpc) is 3.06. The van der Waals surface area contributed by atoms with E-state index in [-0.39, 0.29) is 17.1 Å². The van der Waals surface area contributed by atoms with Gasteiger partial charge in [-0.25, -0.2) is 12.1 Å². The van der Waals surface area contributed by atoms with E-state index >= 15 is 0 Å². The standard InChI is InChI=1S/C8H9N2.C5H5.Fe/c1-2-4-8(3-1)10-6-5-9-7-10;1-2-4-5-3-1;/h1-4,7H,5-6H2;1-5H;/q2*-1;+2. The molecule has 0 unspecified atom stereocenters. The van der Waals surface area contributed by atoms with Gasteiger partial charge in [-0.15, -0.1) is 12.1 Å². The predicted molar refractivity (Wildman–Crippen MR) is 64.8 cm³/mol. The number of nitrogens with zero attached hydrogens (tertiary/aromatic N) is 2. The van der Waals surface area contributed by atoms with Gasteiger partial charge in [-0.3, -0.25) is 0 Å². The topological polar surface area (TPSA) is 15.6 Å². The summed E-state index contributed by atoms with van der Waals surface area (Å²) in [5, 5.41) is 0. The Morgan fingerprint density at radius 3 is 2.19 bits per heavy atom. The molecule has 16 heavy (non-hydrogen) atoms. The zero-order valence-corrected chi connectivity index (χ0v) is 10.0. The van der Waals surface area contributed by atoms with Gasteiger partial charge in [0.25, 0.3) is 0 Å². The number of anilines is 1. The van der Waals surface area contributed by atoms with Gasteiger partial charge in [0.1, 0.15) is 0 Å². The van der Waals surface area contributed by atoms with Gasteiger partial charge in [-0.05, 0) is 0 Å². The summed E-state index contributed by atoms with van der Waals surface area (Å²) in [6.07, 6.45) is 1.90. The Balaban J connectivity index is 0.000000183. The molecule has 0 fully saturated rings. The van der Waals surface area contributed by atoms with Crippen LogP contribution in [0.5, 0.6) is 0 Å². The van der Waals surface area contributed by atoms with Crippen LogP contribution in [0.1, 0.15) is 0 Å². The third-order valence-electron chi connectivity index (χ3n) is 2.22. The maximum atomic E-state index is 4.12. The molecular formula is C13H14FeN2. The molecule has 2 aromatic carbocycles. The minimum atomic E-state index is 0. The Hall–Kier alpha value is -1.31. The second kappa shape index (κ2) is 7.04. The molecule has 84 valence electrons. The van der Waals surface area contributed by atoms with Crippen molar-refractivity contribution in [3.05, 3.63) is 54.6 Å². The van der Waals surface area contributed by atoms with E-state index in [1.165, 1.54) is 5.69 Å². The van der Waals surface area contributed by atoms with Gasteiger partial charge >= 0.3 is 17.1 Å². The monoisotopic (exact) mass is 254 g/mol. The summed E-state index contributed by atoms with van der Waals surface area (Å²) in [6, 6.07) is 18.3. The van der Waals surface area contributed by atoms with E-state index in [1.54, 1.807) is 0 Å². The normalized spacial score (nSPS) is 12.9. The Morgan fingerprint density at radius 2 is 1.75 bits per heavy atom. The molecule has 1 aliphatic rings. The summed E-state index contributed by atoms with van der Waals surface area (Å²) >= 11 is 0. The third kappa shape index (κ3) is 3.69. The van der Waals surface area contributed by atoms with Crippen LogP contribution in [0.4, 0.5) is 5.69 Å². The Morgan fingerprint density at radius 1 is 1.06 bits per heavy atom. The molecule has 3 rings (SSSR count). The summed E-state index contributed by atoms with van der Waals surface area (Å²) in [6.45, 7) is 1.97. The molecule has 0 spiro atoms. The molecule has 3 heteroatoms. The zero-order valence-electron chi connectivity index (χ0n) is 8.94. The van der Waals surface area contributed by atoms with Crippen molar-refractivity contribution in [1.29, 1.82) is 0 Å². The second-order valence-corrected chi connectivity index (χ2v) is 3.32.